The molecule has 2 fully saturated rings. The van der Waals surface area contributed by atoms with Crippen LogP contribution in [-0.2, 0) is 4.79 Å². The third-order valence-electron chi connectivity index (χ3n) is 7.89. The number of hydrogen-bond acceptors (Lipinski definition) is 5. The standard InChI is InChI=1S/C28H38N2O5/c1-18-9-10-19(2)22(14-18)29-25(31)17-30-13-12-28(32)11-7-6-8-21(28)26(30)20-15-23(33-3)27(35-5)24(16-20)34-4/h9-10,14-16,21,26,32H,6-8,11-13,17H2,1-5H3,(H,29,31)/p+1/t21-,26-,28-/m1/s1. The highest BCUT2D eigenvalue weighted by molar-refractivity contribution is 5.92. The molecule has 4 atom stereocenters. The van der Waals surface area contributed by atoms with Gasteiger partial charge in [0, 0.05) is 23.6 Å². The molecule has 7 heteroatoms. The molecule has 1 saturated carbocycles. The van der Waals surface area contributed by atoms with Gasteiger partial charge in [0.1, 0.15) is 6.04 Å². The van der Waals surface area contributed by atoms with E-state index in [-0.39, 0.29) is 17.9 Å². The monoisotopic (exact) mass is 483 g/mol. The Bertz CT molecular complexity index is 1050. The van der Waals surface area contributed by atoms with Crippen molar-refractivity contribution in [2.24, 2.45) is 5.92 Å². The Kier molecular flexibility index (Phi) is 7.57. The van der Waals surface area contributed by atoms with Crippen LogP contribution in [0.15, 0.2) is 30.3 Å². The number of piperidine rings is 1. The van der Waals surface area contributed by atoms with E-state index in [0.29, 0.717) is 36.8 Å². The van der Waals surface area contributed by atoms with E-state index >= 15 is 0 Å². The number of likely N-dealkylation sites (tertiary alicyclic amines) is 1. The van der Waals surface area contributed by atoms with Crippen LogP contribution in [0.2, 0.25) is 0 Å². The molecule has 2 aromatic carbocycles. The second kappa shape index (κ2) is 10.5. The van der Waals surface area contributed by atoms with Crippen LogP contribution in [-0.4, -0.2) is 51.0 Å². The molecule has 7 nitrogen and oxygen atoms in total. The first kappa shape index (κ1) is 25.3. The van der Waals surface area contributed by atoms with Gasteiger partial charge in [0.25, 0.3) is 5.91 Å². The van der Waals surface area contributed by atoms with Crippen molar-refractivity contribution in [2.75, 3.05) is 39.7 Å². The van der Waals surface area contributed by atoms with E-state index in [9.17, 15) is 9.90 Å². The molecular weight excluding hydrogens is 444 g/mol. The van der Waals surface area contributed by atoms with Gasteiger partial charge in [0.2, 0.25) is 5.75 Å². The molecule has 1 saturated heterocycles. The SMILES string of the molecule is COc1cc([C@@H]2[C@H]3CCCC[C@@]3(O)CC[NH+]2CC(=O)Nc2cc(C)ccc2C)cc(OC)c1OC. The van der Waals surface area contributed by atoms with Gasteiger partial charge in [-0.3, -0.25) is 4.79 Å². The highest BCUT2D eigenvalue weighted by Crippen LogP contribution is 2.47. The van der Waals surface area contributed by atoms with E-state index < -0.39 is 5.60 Å². The average molecular weight is 484 g/mol. The van der Waals surface area contributed by atoms with Crippen LogP contribution in [0.25, 0.3) is 0 Å². The Balaban J connectivity index is 1.68. The van der Waals surface area contributed by atoms with Crippen LogP contribution >= 0.6 is 0 Å². The number of quaternary nitrogens is 1. The summed E-state index contributed by atoms with van der Waals surface area (Å²) >= 11 is 0. The van der Waals surface area contributed by atoms with Crippen molar-refractivity contribution in [1.29, 1.82) is 0 Å². The van der Waals surface area contributed by atoms with Gasteiger partial charge in [0.05, 0.1) is 33.5 Å². The number of carbonyl (C=O) groups is 1. The maximum atomic E-state index is 13.2. The van der Waals surface area contributed by atoms with Crippen molar-refractivity contribution in [3.8, 4) is 17.2 Å². The largest absolute Gasteiger partial charge is 0.493 e. The van der Waals surface area contributed by atoms with E-state index in [0.717, 1.165) is 53.0 Å². The molecule has 0 aromatic heterocycles. The number of ether oxygens (including phenoxy) is 3. The van der Waals surface area contributed by atoms with Crippen molar-refractivity contribution < 1.29 is 29.0 Å². The summed E-state index contributed by atoms with van der Waals surface area (Å²) in [5.41, 5.74) is 3.29. The molecule has 0 radical (unpaired) electrons. The van der Waals surface area contributed by atoms with E-state index in [1.54, 1.807) is 21.3 Å². The lowest BCUT2D eigenvalue weighted by Crippen LogP contribution is -3.16. The number of fused-ring (bicyclic) bond motifs is 1. The number of aliphatic hydroxyl groups is 1. The van der Waals surface area contributed by atoms with Gasteiger partial charge in [-0.15, -0.1) is 0 Å². The third-order valence-corrected chi connectivity index (χ3v) is 7.89. The van der Waals surface area contributed by atoms with Crippen molar-refractivity contribution in [3.05, 3.63) is 47.0 Å². The lowest BCUT2D eigenvalue weighted by Gasteiger charge is -2.50. The normalized spacial score (nSPS) is 25.9. The number of carbonyl (C=O) groups excluding carboxylic acids is 1. The molecule has 1 aliphatic heterocycles. The van der Waals surface area contributed by atoms with Gasteiger partial charge in [-0.1, -0.05) is 25.0 Å². The second-order valence-corrected chi connectivity index (χ2v) is 10.1. The lowest BCUT2D eigenvalue weighted by atomic mass is 9.66. The molecule has 190 valence electrons. The molecule has 3 N–H and O–H groups in total. The zero-order chi connectivity index (χ0) is 25.2. The van der Waals surface area contributed by atoms with Crippen molar-refractivity contribution in [3.63, 3.8) is 0 Å². The molecule has 0 spiro atoms. The molecule has 2 aromatic rings. The third kappa shape index (κ3) is 5.11. The first-order valence-corrected chi connectivity index (χ1v) is 12.5. The van der Waals surface area contributed by atoms with Crippen molar-refractivity contribution in [2.45, 2.75) is 57.6 Å². The first-order chi connectivity index (χ1) is 16.8. The Morgan fingerprint density at radius 3 is 2.43 bits per heavy atom. The molecule has 1 heterocycles. The molecule has 2 aliphatic rings. The smallest absolute Gasteiger partial charge is 0.279 e. The van der Waals surface area contributed by atoms with Gasteiger partial charge in [-0.2, -0.15) is 0 Å². The van der Waals surface area contributed by atoms with Crippen LogP contribution in [0, 0.1) is 19.8 Å². The fourth-order valence-corrected chi connectivity index (χ4v) is 6.07. The number of anilines is 1. The predicted octanol–water partition coefficient (Wildman–Crippen LogP) is 3.22. The van der Waals surface area contributed by atoms with Gasteiger partial charge >= 0.3 is 0 Å². The Labute approximate surface area is 208 Å². The zero-order valence-electron chi connectivity index (χ0n) is 21.6. The van der Waals surface area contributed by atoms with Gasteiger partial charge in [-0.25, -0.2) is 0 Å². The Morgan fingerprint density at radius 2 is 1.77 bits per heavy atom. The van der Waals surface area contributed by atoms with Crippen molar-refractivity contribution in [1.82, 2.24) is 0 Å². The number of benzene rings is 2. The van der Waals surface area contributed by atoms with Crippen LogP contribution in [0.4, 0.5) is 5.69 Å². The van der Waals surface area contributed by atoms with Gasteiger partial charge in [-0.05, 0) is 56.0 Å². The van der Waals surface area contributed by atoms with E-state index in [1.807, 2.05) is 44.2 Å². The summed E-state index contributed by atoms with van der Waals surface area (Å²) in [4.78, 5) is 14.4. The van der Waals surface area contributed by atoms with E-state index in [4.69, 9.17) is 14.2 Å². The Morgan fingerprint density at radius 1 is 1.06 bits per heavy atom. The van der Waals surface area contributed by atoms with E-state index in [1.165, 1.54) is 0 Å². The summed E-state index contributed by atoms with van der Waals surface area (Å²) in [6, 6.07) is 9.98. The van der Waals surface area contributed by atoms with Crippen molar-refractivity contribution >= 4 is 11.6 Å². The molecule has 0 bridgehead atoms. The topological polar surface area (TPSA) is 81.5 Å². The Hall–Kier alpha value is -2.77. The highest BCUT2D eigenvalue weighted by atomic mass is 16.5. The summed E-state index contributed by atoms with van der Waals surface area (Å²) in [6.07, 6.45) is 4.55. The molecular formula is C28H39N2O5+. The maximum absolute atomic E-state index is 13.2. The summed E-state index contributed by atoms with van der Waals surface area (Å²) in [5, 5.41) is 14.8. The van der Waals surface area contributed by atoms with Gasteiger partial charge in [0.15, 0.2) is 18.0 Å². The average Bonchev–Trinajstić information content (AvgIpc) is 2.85. The number of nitrogens with one attached hydrogen (secondary N) is 2. The summed E-state index contributed by atoms with van der Waals surface area (Å²) < 4.78 is 16.8. The minimum atomic E-state index is -0.712. The maximum Gasteiger partial charge on any atom is 0.279 e. The van der Waals surface area contributed by atoms with Crippen LogP contribution < -0.4 is 24.4 Å². The van der Waals surface area contributed by atoms with E-state index in [2.05, 4.69) is 5.32 Å². The number of methoxy groups -OCH3 is 3. The summed E-state index contributed by atoms with van der Waals surface area (Å²) in [7, 11) is 4.82. The number of aryl methyl sites for hydroxylation is 2. The quantitative estimate of drug-likeness (QED) is 0.564. The summed E-state index contributed by atoms with van der Waals surface area (Å²) in [6.45, 7) is 5.06. The van der Waals surface area contributed by atoms with Gasteiger partial charge < -0.3 is 29.5 Å². The molecule has 1 amide bonds. The molecule has 1 aliphatic carbocycles. The minimum Gasteiger partial charge on any atom is -0.493 e. The zero-order valence-corrected chi connectivity index (χ0v) is 21.6. The predicted molar refractivity (Wildman–Crippen MR) is 136 cm³/mol. The minimum absolute atomic E-state index is 0.0209. The lowest BCUT2D eigenvalue weighted by molar-refractivity contribution is -0.937. The number of rotatable bonds is 7. The molecule has 1 unspecified atom stereocenters. The van der Waals surface area contributed by atoms with Crippen LogP contribution in [0.5, 0.6) is 17.2 Å². The fourth-order valence-electron chi connectivity index (χ4n) is 6.07. The first-order valence-electron chi connectivity index (χ1n) is 12.5. The number of amides is 1. The van der Waals surface area contributed by atoms with Crippen LogP contribution in [0.1, 0.15) is 54.8 Å². The molecule has 35 heavy (non-hydrogen) atoms. The summed E-state index contributed by atoms with van der Waals surface area (Å²) in [5.74, 6) is 1.75. The molecule has 4 rings (SSSR count). The number of hydrogen-bond donors (Lipinski definition) is 3. The highest BCUT2D eigenvalue weighted by Gasteiger charge is 2.52. The fraction of sp³-hybridized carbons (Fsp3) is 0.536. The van der Waals surface area contributed by atoms with Crippen LogP contribution in [0.3, 0.4) is 0 Å². The second-order valence-electron chi connectivity index (χ2n) is 10.1.